The second-order valence-electron chi connectivity index (χ2n) is 4.90. The molecule has 0 aliphatic carbocycles. The molecule has 0 aliphatic rings. The van der Waals surface area contributed by atoms with Gasteiger partial charge in [0.25, 0.3) is 5.91 Å². The molecular formula is C14H24N4O3. The molecule has 1 aromatic rings. The molecule has 21 heavy (non-hydrogen) atoms. The Labute approximate surface area is 125 Å². The predicted octanol–water partition coefficient (Wildman–Crippen LogP) is 1.42. The maximum atomic E-state index is 12.5. The number of methoxy groups -OCH3 is 1. The molecule has 1 N–H and O–H groups in total. The summed E-state index contributed by atoms with van der Waals surface area (Å²) in [6, 6.07) is 0. The van der Waals surface area contributed by atoms with Gasteiger partial charge < -0.3 is 9.64 Å². The molecule has 7 nitrogen and oxygen atoms in total. The van der Waals surface area contributed by atoms with Crippen molar-refractivity contribution in [3.8, 4) is 0 Å². The van der Waals surface area contributed by atoms with E-state index in [1.165, 1.54) is 12.0 Å². The third-order valence-corrected chi connectivity index (χ3v) is 3.53. The number of esters is 1. The normalized spacial score (nSPS) is 10.7. The fraction of sp³-hybridized carbons (Fsp3) is 0.714. The van der Waals surface area contributed by atoms with Crippen molar-refractivity contribution < 1.29 is 14.3 Å². The molecule has 0 bridgehead atoms. The summed E-state index contributed by atoms with van der Waals surface area (Å²) in [4.78, 5) is 29.6. The van der Waals surface area contributed by atoms with Crippen LogP contribution in [0.5, 0.6) is 0 Å². The van der Waals surface area contributed by atoms with Crippen LogP contribution in [-0.4, -0.2) is 52.2 Å². The summed E-state index contributed by atoms with van der Waals surface area (Å²) in [5, 5.41) is 6.64. The number of nitrogens with one attached hydrogen (secondary N) is 1. The highest BCUT2D eigenvalue weighted by molar-refractivity contribution is 5.92. The van der Waals surface area contributed by atoms with Gasteiger partial charge in [0.05, 0.1) is 7.11 Å². The summed E-state index contributed by atoms with van der Waals surface area (Å²) in [6.07, 6.45) is 2.55. The quantitative estimate of drug-likeness (QED) is 0.733. The van der Waals surface area contributed by atoms with Gasteiger partial charge in [-0.2, -0.15) is 0 Å². The Morgan fingerprint density at radius 1 is 1.29 bits per heavy atom. The van der Waals surface area contributed by atoms with Gasteiger partial charge in [-0.25, -0.2) is 4.98 Å². The summed E-state index contributed by atoms with van der Waals surface area (Å²) in [6.45, 7) is 6.47. The number of hydrogen-bond acceptors (Lipinski definition) is 5. The number of amides is 1. The first-order valence-electron chi connectivity index (χ1n) is 7.32. The molecule has 0 fully saturated rings. The summed E-state index contributed by atoms with van der Waals surface area (Å²) >= 11 is 0. The van der Waals surface area contributed by atoms with Gasteiger partial charge in [0.15, 0.2) is 0 Å². The van der Waals surface area contributed by atoms with E-state index in [-0.39, 0.29) is 18.3 Å². The molecule has 118 valence electrons. The van der Waals surface area contributed by atoms with Crippen molar-refractivity contribution in [2.45, 2.75) is 40.0 Å². The zero-order chi connectivity index (χ0) is 15.8. The Kier molecular flexibility index (Phi) is 6.84. The zero-order valence-electron chi connectivity index (χ0n) is 13.2. The van der Waals surface area contributed by atoms with Crippen LogP contribution in [0.25, 0.3) is 0 Å². The van der Waals surface area contributed by atoms with Crippen molar-refractivity contribution in [2.75, 3.05) is 20.2 Å². The van der Waals surface area contributed by atoms with E-state index in [0.717, 1.165) is 12.8 Å². The van der Waals surface area contributed by atoms with Crippen molar-refractivity contribution >= 4 is 11.9 Å². The summed E-state index contributed by atoms with van der Waals surface area (Å²) in [5.41, 5.74) is 0. The first-order valence-corrected chi connectivity index (χ1v) is 7.32. The number of rotatable bonds is 8. The lowest BCUT2D eigenvalue weighted by Crippen LogP contribution is -2.40. The van der Waals surface area contributed by atoms with E-state index in [2.05, 4.69) is 33.8 Å². The smallest absolute Gasteiger partial charge is 0.325 e. The Bertz CT molecular complexity index is 469. The first kappa shape index (κ1) is 17.1. The van der Waals surface area contributed by atoms with Crippen LogP contribution in [0.2, 0.25) is 0 Å². The molecule has 0 saturated carbocycles. The molecule has 0 saturated heterocycles. The second-order valence-corrected chi connectivity index (χ2v) is 4.90. The van der Waals surface area contributed by atoms with E-state index in [0.29, 0.717) is 24.7 Å². The third kappa shape index (κ3) is 4.84. The fourth-order valence-corrected chi connectivity index (χ4v) is 1.99. The summed E-state index contributed by atoms with van der Waals surface area (Å²) in [7, 11) is 1.31. The van der Waals surface area contributed by atoms with Gasteiger partial charge in [-0.3, -0.25) is 14.7 Å². The average Bonchev–Trinajstić information content (AvgIpc) is 2.99. The van der Waals surface area contributed by atoms with E-state index >= 15 is 0 Å². The molecule has 0 aromatic carbocycles. The highest BCUT2D eigenvalue weighted by Gasteiger charge is 2.24. The maximum absolute atomic E-state index is 12.5. The summed E-state index contributed by atoms with van der Waals surface area (Å²) in [5.74, 6) is 0.299. The number of aromatic amines is 1. The average molecular weight is 296 g/mol. The second kappa shape index (κ2) is 8.39. The molecule has 1 amide bonds. The number of aromatic nitrogens is 3. The van der Waals surface area contributed by atoms with Crippen molar-refractivity contribution in [3.63, 3.8) is 0 Å². The maximum Gasteiger partial charge on any atom is 0.325 e. The largest absolute Gasteiger partial charge is 0.468 e. The van der Waals surface area contributed by atoms with E-state index in [1.54, 1.807) is 0 Å². The molecule has 0 atom stereocenters. The van der Waals surface area contributed by atoms with Crippen LogP contribution < -0.4 is 0 Å². The van der Waals surface area contributed by atoms with Gasteiger partial charge in [0.1, 0.15) is 12.4 Å². The lowest BCUT2D eigenvalue weighted by Gasteiger charge is -2.24. The molecule has 0 radical (unpaired) electrons. The lowest BCUT2D eigenvalue weighted by atomic mass is 10.0. The van der Waals surface area contributed by atoms with Crippen LogP contribution in [0.1, 0.15) is 50.1 Å². The summed E-state index contributed by atoms with van der Waals surface area (Å²) < 4.78 is 4.66. The van der Waals surface area contributed by atoms with Crippen LogP contribution in [-0.2, 0) is 16.0 Å². The van der Waals surface area contributed by atoms with Crippen LogP contribution >= 0.6 is 0 Å². The lowest BCUT2D eigenvalue weighted by molar-refractivity contribution is -0.141. The van der Waals surface area contributed by atoms with Gasteiger partial charge in [-0.15, -0.1) is 5.10 Å². The molecule has 0 aliphatic heterocycles. The predicted molar refractivity (Wildman–Crippen MR) is 77.8 cm³/mol. The van der Waals surface area contributed by atoms with E-state index in [4.69, 9.17) is 0 Å². The monoisotopic (exact) mass is 296 g/mol. The fourth-order valence-electron chi connectivity index (χ4n) is 1.99. The van der Waals surface area contributed by atoms with Crippen molar-refractivity contribution in [1.29, 1.82) is 0 Å². The number of carbonyl (C=O) groups excluding carboxylic acids is 2. The Hall–Kier alpha value is -1.92. The number of H-pyrrole nitrogens is 1. The molecular weight excluding hydrogens is 272 g/mol. The number of carbonyl (C=O) groups is 2. The first-order chi connectivity index (χ1) is 10.0. The van der Waals surface area contributed by atoms with Gasteiger partial charge in [0, 0.05) is 13.0 Å². The standard InChI is InChI=1S/C14H24N4O3/c1-5-10(6-2)8-18(9-12(19)21-4)14(20)13-15-11(7-3)16-17-13/h10H,5-9H2,1-4H3,(H,15,16,17). The molecule has 0 spiro atoms. The van der Waals surface area contributed by atoms with Crippen LogP contribution in [0, 0.1) is 5.92 Å². The van der Waals surface area contributed by atoms with Crippen LogP contribution in [0.15, 0.2) is 0 Å². The number of nitrogens with zero attached hydrogens (tertiary/aromatic N) is 3. The molecule has 1 aromatic heterocycles. The van der Waals surface area contributed by atoms with E-state index in [9.17, 15) is 9.59 Å². The Balaban J connectivity index is 2.87. The SMILES string of the molecule is CCc1nc(C(=O)N(CC(=O)OC)CC(CC)CC)n[nH]1. The number of ether oxygens (including phenoxy) is 1. The van der Waals surface area contributed by atoms with Crippen molar-refractivity contribution in [2.24, 2.45) is 5.92 Å². The minimum absolute atomic E-state index is 0.0815. The van der Waals surface area contributed by atoms with Crippen LogP contribution in [0.3, 0.4) is 0 Å². The minimum atomic E-state index is -0.444. The zero-order valence-corrected chi connectivity index (χ0v) is 13.2. The number of hydrogen-bond donors (Lipinski definition) is 1. The topological polar surface area (TPSA) is 88.2 Å². The van der Waals surface area contributed by atoms with E-state index in [1.807, 2.05) is 6.92 Å². The Morgan fingerprint density at radius 2 is 1.95 bits per heavy atom. The van der Waals surface area contributed by atoms with Gasteiger partial charge >= 0.3 is 5.97 Å². The Morgan fingerprint density at radius 3 is 2.43 bits per heavy atom. The molecule has 1 rings (SSSR count). The molecule has 0 unspecified atom stereocenters. The van der Waals surface area contributed by atoms with Gasteiger partial charge in [-0.1, -0.05) is 33.6 Å². The molecule has 7 heteroatoms. The number of aryl methyl sites for hydroxylation is 1. The van der Waals surface area contributed by atoms with Gasteiger partial charge in [-0.05, 0) is 5.92 Å². The van der Waals surface area contributed by atoms with Crippen LogP contribution in [0.4, 0.5) is 0 Å². The molecule has 1 heterocycles. The third-order valence-electron chi connectivity index (χ3n) is 3.53. The van der Waals surface area contributed by atoms with E-state index < -0.39 is 5.97 Å². The minimum Gasteiger partial charge on any atom is -0.468 e. The highest BCUT2D eigenvalue weighted by atomic mass is 16.5. The van der Waals surface area contributed by atoms with Crippen molar-refractivity contribution in [3.05, 3.63) is 11.6 Å². The highest BCUT2D eigenvalue weighted by Crippen LogP contribution is 2.12. The van der Waals surface area contributed by atoms with Crippen molar-refractivity contribution in [1.82, 2.24) is 20.1 Å². The van der Waals surface area contributed by atoms with Gasteiger partial charge in [0.2, 0.25) is 5.82 Å².